The molecule has 0 nitrogen and oxygen atoms in total. The van der Waals surface area contributed by atoms with Crippen molar-refractivity contribution >= 4 is 0 Å². The van der Waals surface area contributed by atoms with Gasteiger partial charge in [0.2, 0.25) is 5.92 Å². The molecule has 0 aromatic carbocycles. The summed E-state index contributed by atoms with van der Waals surface area (Å²) in [6.07, 6.45) is 13.0. The summed E-state index contributed by atoms with van der Waals surface area (Å²) in [6, 6.07) is 0. The highest BCUT2D eigenvalue weighted by molar-refractivity contribution is 5.10. The number of hydrogen-bond acceptors (Lipinski definition) is 0. The smallest absolute Gasteiger partial charge is 0.207 e. The molecule has 0 amide bonds. The molecule has 1 unspecified atom stereocenters. The number of rotatable bonds is 5. The predicted octanol–water partition coefficient (Wildman–Crippen LogP) is 8.74. The normalized spacial score (nSPS) is 47.4. The van der Waals surface area contributed by atoms with Crippen LogP contribution in [0.4, 0.5) is 8.78 Å². The molecule has 0 heterocycles. The Morgan fingerprint density at radius 2 is 1.52 bits per heavy atom. The summed E-state index contributed by atoms with van der Waals surface area (Å²) in [5.74, 6) is 2.82. The van der Waals surface area contributed by atoms with Gasteiger partial charge in [-0.15, -0.1) is 0 Å². The lowest BCUT2D eigenvalue weighted by Gasteiger charge is -2.61. The van der Waals surface area contributed by atoms with E-state index < -0.39 is 5.92 Å². The Labute approximate surface area is 179 Å². The molecule has 0 aromatic heterocycles. The number of fused-ring (bicyclic) bond motifs is 5. The van der Waals surface area contributed by atoms with Crippen LogP contribution in [0.15, 0.2) is 0 Å². The zero-order valence-corrected chi connectivity index (χ0v) is 19.8. The van der Waals surface area contributed by atoms with Crippen LogP contribution in [0, 0.1) is 52.3 Å². The van der Waals surface area contributed by atoms with Crippen LogP contribution in [-0.2, 0) is 0 Å². The first-order chi connectivity index (χ1) is 13.6. The molecule has 0 aliphatic heterocycles. The Morgan fingerprint density at radius 1 is 0.793 bits per heavy atom. The first-order valence-corrected chi connectivity index (χ1v) is 12.9. The molecule has 4 aliphatic rings. The van der Waals surface area contributed by atoms with Gasteiger partial charge in [0.1, 0.15) is 0 Å². The third kappa shape index (κ3) is 3.82. The minimum Gasteiger partial charge on any atom is -0.207 e. The fourth-order valence-electron chi connectivity index (χ4n) is 9.20. The lowest BCUT2D eigenvalue weighted by atomic mass is 9.44. The average molecular weight is 409 g/mol. The Kier molecular flexibility index (Phi) is 5.91. The maximum Gasteiger partial charge on any atom is 0.248 e. The third-order valence-corrected chi connectivity index (χ3v) is 10.8. The van der Waals surface area contributed by atoms with Crippen LogP contribution < -0.4 is 0 Å². The molecule has 0 N–H and O–H groups in total. The van der Waals surface area contributed by atoms with E-state index in [2.05, 4.69) is 34.6 Å². The van der Waals surface area contributed by atoms with Gasteiger partial charge in [0.15, 0.2) is 0 Å². The van der Waals surface area contributed by atoms with Gasteiger partial charge in [0.25, 0.3) is 0 Å². The Bertz CT molecular complexity index is 583. The van der Waals surface area contributed by atoms with Crippen molar-refractivity contribution in [2.45, 2.75) is 118 Å². The summed E-state index contributed by atoms with van der Waals surface area (Å²) >= 11 is 0. The molecule has 8 atom stereocenters. The Morgan fingerprint density at radius 3 is 2.24 bits per heavy atom. The standard InChI is InChI=1S/C27H46F2/c1-18(2)7-6-8-19(3)22-11-12-23-21-10-9-20-17-27(28,29)16-15-25(20,4)24(21)13-14-26(22,23)5/h18-24H,6-17H2,1-5H3/t19-,20?,21+,22-,23+,24+,25+,26-/m1/s1. The van der Waals surface area contributed by atoms with Gasteiger partial charge < -0.3 is 0 Å². The highest BCUT2D eigenvalue weighted by Crippen LogP contribution is 2.69. The molecule has 4 rings (SSSR count). The SMILES string of the molecule is CC(C)CCC[C@@H](C)[C@H]1CC[C@H]2[C@@H]3CCC4CC(F)(F)CC[C@]4(C)[C@H]3CC[C@]12C. The van der Waals surface area contributed by atoms with E-state index in [-0.39, 0.29) is 24.2 Å². The van der Waals surface area contributed by atoms with E-state index in [0.29, 0.717) is 11.3 Å². The van der Waals surface area contributed by atoms with Gasteiger partial charge >= 0.3 is 0 Å². The zero-order valence-electron chi connectivity index (χ0n) is 19.8. The van der Waals surface area contributed by atoms with Gasteiger partial charge in [0.05, 0.1) is 0 Å². The summed E-state index contributed by atoms with van der Waals surface area (Å²) in [5, 5.41) is 0. The maximum absolute atomic E-state index is 14.1. The van der Waals surface area contributed by atoms with Gasteiger partial charge in [-0.1, -0.05) is 53.9 Å². The van der Waals surface area contributed by atoms with Crippen molar-refractivity contribution in [2.75, 3.05) is 0 Å². The van der Waals surface area contributed by atoms with Crippen molar-refractivity contribution in [2.24, 2.45) is 52.3 Å². The number of halogens is 2. The van der Waals surface area contributed by atoms with Crippen LogP contribution in [0.5, 0.6) is 0 Å². The van der Waals surface area contributed by atoms with E-state index in [1.54, 1.807) is 0 Å². The largest absolute Gasteiger partial charge is 0.248 e. The molecule has 29 heavy (non-hydrogen) atoms. The highest BCUT2D eigenvalue weighted by Gasteiger charge is 2.61. The summed E-state index contributed by atoms with van der Waals surface area (Å²) in [4.78, 5) is 0. The second kappa shape index (κ2) is 7.77. The van der Waals surface area contributed by atoms with E-state index in [1.807, 2.05) is 0 Å². The number of hydrogen-bond donors (Lipinski definition) is 0. The molecule has 0 aromatic rings. The Hall–Kier alpha value is -0.140. The maximum atomic E-state index is 14.1. The summed E-state index contributed by atoms with van der Waals surface area (Å²) < 4.78 is 28.3. The van der Waals surface area contributed by atoms with Crippen molar-refractivity contribution in [3.63, 3.8) is 0 Å². The van der Waals surface area contributed by atoms with E-state index in [9.17, 15) is 8.78 Å². The molecule has 4 aliphatic carbocycles. The second-order valence-corrected chi connectivity index (χ2v) is 12.7. The third-order valence-electron chi connectivity index (χ3n) is 10.8. The Balaban J connectivity index is 1.46. The fourth-order valence-corrected chi connectivity index (χ4v) is 9.20. The van der Waals surface area contributed by atoms with Crippen LogP contribution in [0.25, 0.3) is 0 Å². The van der Waals surface area contributed by atoms with Crippen LogP contribution >= 0.6 is 0 Å². The quantitative estimate of drug-likeness (QED) is 0.426. The van der Waals surface area contributed by atoms with Gasteiger partial charge in [-0.2, -0.15) is 0 Å². The van der Waals surface area contributed by atoms with Gasteiger partial charge in [-0.25, -0.2) is 8.78 Å². The van der Waals surface area contributed by atoms with Crippen LogP contribution in [0.3, 0.4) is 0 Å². The molecule has 4 fully saturated rings. The predicted molar refractivity (Wildman–Crippen MR) is 118 cm³/mol. The monoisotopic (exact) mass is 408 g/mol. The molecular weight excluding hydrogens is 362 g/mol. The molecule has 0 saturated heterocycles. The zero-order chi connectivity index (χ0) is 21.0. The fraction of sp³-hybridized carbons (Fsp3) is 1.00. The first kappa shape index (κ1) is 22.1. The van der Waals surface area contributed by atoms with Crippen LogP contribution in [-0.4, -0.2) is 5.92 Å². The van der Waals surface area contributed by atoms with Crippen molar-refractivity contribution in [1.82, 2.24) is 0 Å². The first-order valence-electron chi connectivity index (χ1n) is 12.9. The van der Waals surface area contributed by atoms with Gasteiger partial charge in [0, 0.05) is 12.8 Å². The van der Waals surface area contributed by atoms with Gasteiger partial charge in [-0.3, -0.25) is 0 Å². The summed E-state index contributed by atoms with van der Waals surface area (Å²) in [6.45, 7) is 12.3. The topological polar surface area (TPSA) is 0 Å². The molecular formula is C27H46F2. The average Bonchev–Trinajstić information content (AvgIpc) is 2.99. The lowest BCUT2D eigenvalue weighted by Crippen LogP contribution is -2.55. The van der Waals surface area contributed by atoms with Crippen molar-refractivity contribution in [3.8, 4) is 0 Å². The minimum absolute atomic E-state index is 0.140. The van der Waals surface area contributed by atoms with E-state index in [4.69, 9.17) is 0 Å². The van der Waals surface area contributed by atoms with Crippen molar-refractivity contribution in [3.05, 3.63) is 0 Å². The highest BCUT2D eigenvalue weighted by atomic mass is 19.3. The molecule has 0 radical (unpaired) electrons. The molecule has 0 spiro atoms. The summed E-state index contributed by atoms with van der Waals surface area (Å²) in [5.41, 5.74) is 0.701. The van der Waals surface area contributed by atoms with E-state index in [0.717, 1.165) is 42.4 Å². The van der Waals surface area contributed by atoms with Crippen molar-refractivity contribution in [1.29, 1.82) is 0 Å². The van der Waals surface area contributed by atoms with E-state index in [1.165, 1.54) is 51.4 Å². The van der Waals surface area contributed by atoms with Crippen LogP contribution in [0.2, 0.25) is 0 Å². The molecule has 0 bridgehead atoms. The molecule has 168 valence electrons. The van der Waals surface area contributed by atoms with Crippen LogP contribution in [0.1, 0.15) is 112 Å². The van der Waals surface area contributed by atoms with E-state index >= 15 is 0 Å². The summed E-state index contributed by atoms with van der Waals surface area (Å²) in [7, 11) is 0. The molecule has 4 saturated carbocycles. The number of alkyl halides is 2. The second-order valence-electron chi connectivity index (χ2n) is 12.7. The van der Waals surface area contributed by atoms with Gasteiger partial charge in [-0.05, 0) is 97.2 Å². The lowest BCUT2D eigenvalue weighted by molar-refractivity contribution is -0.164. The molecule has 2 heteroatoms. The minimum atomic E-state index is -2.40. The van der Waals surface area contributed by atoms with Crippen molar-refractivity contribution < 1.29 is 8.78 Å².